The van der Waals surface area contributed by atoms with E-state index in [9.17, 15) is 13.2 Å². The van der Waals surface area contributed by atoms with E-state index in [0.29, 0.717) is 11.0 Å². The second-order valence-electron chi connectivity index (χ2n) is 5.33. The molecule has 0 bridgehead atoms. The minimum absolute atomic E-state index is 0.305. The molecular weight excluding hydrogens is 282 g/mol. The third-order valence-electron chi connectivity index (χ3n) is 2.52. The van der Waals surface area contributed by atoms with Crippen molar-refractivity contribution in [2.75, 3.05) is 0 Å². The van der Waals surface area contributed by atoms with Crippen LogP contribution >= 0.6 is 0 Å². The van der Waals surface area contributed by atoms with E-state index in [1.165, 1.54) is 6.07 Å². The summed E-state index contributed by atoms with van der Waals surface area (Å²) in [5, 5.41) is 0.343. The molecule has 20 heavy (non-hydrogen) atoms. The highest BCUT2D eigenvalue weighted by molar-refractivity contribution is 7.89. The van der Waals surface area contributed by atoms with Gasteiger partial charge in [0.25, 0.3) is 0 Å². The largest absolute Gasteiger partial charge is 0.443 e. The Bertz CT molecular complexity index is 706. The Balaban J connectivity index is 2.20. The van der Waals surface area contributed by atoms with Crippen LogP contribution in [0.3, 0.4) is 0 Å². The minimum atomic E-state index is -4.04. The molecule has 1 aromatic carbocycles. The molecule has 0 fully saturated rings. The summed E-state index contributed by atoms with van der Waals surface area (Å²) >= 11 is 0. The molecule has 0 atom stereocenters. The third-order valence-corrected chi connectivity index (χ3v) is 3.56. The van der Waals surface area contributed by atoms with Gasteiger partial charge in [0.2, 0.25) is 5.09 Å². The van der Waals surface area contributed by atoms with E-state index in [1.54, 1.807) is 49.9 Å². The maximum Gasteiger partial charge on any atom is 0.331 e. The molecule has 0 aliphatic heterocycles. The lowest BCUT2D eigenvalue weighted by molar-refractivity contribution is -0.156. The van der Waals surface area contributed by atoms with Gasteiger partial charge < -0.3 is 9.25 Å². The zero-order valence-electron chi connectivity index (χ0n) is 11.3. The van der Waals surface area contributed by atoms with Crippen LogP contribution in [0.4, 0.5) is 0 Å². The second kappa shape index (κ2) is 4.92. The summed E-state index contributed by atoms with van der Waals surface area (Å²) in [6, 6.07) is 8.23. The van der Waals surface area contributed by atoms with Gasteiger partial charge in [-0.3, -0.25) is 0 Å². The molecule has 1 aromatic heterocycles. The molecule has 0 saturated heterocycles. The fraction of sp³-hybridized carbons (Fsp3) is 0.308. The van der Waals surface area contributed by atoms with Crippen LogP contribution in [0, 0.1) is 5.41 Å². The number of para-hydroxylation sites is 1. The molecule has 0 aliphatic rings. The molecule has 0 aliphatic carbocycles. The molecule has 108 valence electrons. The summed E-state index contributed by atoms with van der Waals surface area (Å²) in [7, 11) is -4.04. The maximum absolute atomic E-state index is 12.0. The average Bonchev–Trinajstić information content (AvgIpc) is 2.79. The van der Waals surface area contributed by atoms with Crippen LogP contribution in [0.1, 0.15) is 20.8 Å². The van der Waals surface area contributed by atoms with Gasteiger partial charge in [0.05, 0.1) is 5.41 Å². The fourth-order valence-corrected chi connectivity index (χ4v) is 2.13. The lowest BCUT2D eigenvalue weighted by Gasteiger charge is -2.15. The molecule has 0 amide bonds. The Morgan fingerprint density at radius 2 is 1.90 bits per heavy atom. The Hall–Kier alpha value is -1.86. The Labute approximate surface area is 116 Å². The first kappa shape index (κ1) is 14.5. The number of hydrogen-bond acceptors (Lipinski definition) is 5. The summed E-state index contributed by atoms with van der Waals surface area (Å²) in [5.74, 6) is -0.683. The first-order chi connectivity index (χ1) is 9.20. The zero-order chi connectivity index (χ0) is 15.0. The molecule has 0 spiro atoms. The van der Waals surface area contributed by atoms with Crippen molar-refractivity contribution in [1.29, 1.82) is 0 Å². The highest BCUT2D eigenvalue weighted by atomic mass is 32.2. The number of nitrogens with one attached hydrogen (secondary N) is 1. The molecule has 7 heteroatoms. The number of furan rings is 1. The molecule has 6 nitrogen and oxygen atoms in total. The van der Waals surface area contributed by atoms with Crippen molar-refractivity contribution in [3.63, 3.8) is 0 Å². The predicted octanol–water partition coefficient (Wildman–Crippen LogP) is 2.22. The Morgan fingerprint density at radius 3 is 2.50 bits per heavy atom. The van der Waals surface area contributed by atoms with Crippen LogP contribution < -0.4 is 4.89 Å². The van der Waals surface area contributed by atoms with Crippen molar-refractivity contribution >= 4 is 27.0 Å². The molecule has 2 aromatic rings. The molecule has 0 saturated carbocycles. The fourth-order valence-electron chi connectivity index (χ4n) is 1.38. The number of sulfonamides is 1. The van der Waals surface area contributed by atoms with Gasteiger partial charge in [-0.05, 0) is 31.7 Å². The van der Waals surface area contributed by atoms with Crippen LogP contribution in [0.5, 0.6) is 0 Å². The maximum atomic E-state index is 12.0. The lowest BCUT2D eigenvalue weighted by Crippen LogP contribution is -2.33. The van der Waals surface area contributed by atoms with Crippen LogP contribution in [0.2, 0.25) is 0 Å². The molecular formula is C13H15NO5S. The predicted molar refractivity (Wildman–Crippen MR) is 72.1 cm³/mol. The Morgan fingerprint density at radius 1 is 1.25 bits per heavy atom. The van der Waals surface area contributed by atoms with Gasteiger partial charge in [-0.15, -0.1) is 0 Å². The van der Waals surface area contributed by atoms with Crippen molar-refractivity contribution in [1.82, 2.24) is 4.89 Å². The zero-order valence-corrected chi connectivity index (χ0v) is 12.2. The summed E-state index contributed by atoms with van der Waals surface area (Å²) in [4.78, 5) is 17.9. The van der Waals surface area contributed by atoms with Gasteiger partial charge in [0.15, 0.2) is 0 Å². The van der Waals surface area contributed by atoms with Crippen molar-refractivity contribution in [3.05, 3.63) is 30.3 Å². The van der Waals surface area contributed by atoms with Gasteiger partial charge in [-0.2, -0.15) is 0 Å². The van der Waals surface area contributed by atoms with E-state index in [2.05, 4.69) is 4.84 Å². The highest BCUT2D eigenvalue weighted by Gasteiger charge is 2.27. The first-order valence-electron chi connectivity index (χ1n) is 5.92. The molecule has 2 rings (SSSR count). The topological polar surface area (TPSA) is 85.6 Å². The highest BCUT2D eigenvalue weighted by Crippen LogP contribution is 2.22. The summed E-state index contributed by atoms with van der Waals surface area (Å²) in [6.45, 7) is 4.85. The van der Waals surface area contributed by atoms with E-state index in [4.69, 9.17) is 4.42 Å². The van der Waals surface area contributed by atoms with Crippen molar-refractivity contribution in [2.45, 2.75) is 25.9 Å². The van der Waals surface area contributed by atoms with Gasteiger partial charge in [0.1, 0.15) is 5.58 Å². The van der Waals surface area contributed by atoms with E-state index in [-0.39, 0.29) is 5.09 Å². The quantitative estimate of drug-likeness (QED) is 0.878. The average molecular weight is 297 g/mol. The van der Waals surface area contributed by atoms with E-state index >= 15 is 0 Å². The van der Waals surface area contributed by atoms with Crippen molar-refractivity contribution in [3.8, 4) is 0 Å². The van der Waals surface area contributed by atoms with E-state index in [1.807, 2.05) is 0 Å². The number of rotatable bonds is 3. The number of hydrogen-bond donors (Lipinski definition) is 1. The van der Waals surface area contributed by atoms with Crippen molar-refractivity contribution < 1.29 is 22.5 Å². The number of fused-ring (bicyclic) bond motifs is 1. The van der Waals surface area contributed by atoms with Crippen molar-refractivity contribution in [2.24, 2.45) is 5.41 Å². The van der Waals surface area contributed by atoms with Gasteiger partial charge in [-0.1, -0.05) is 18.2 Å². The molecule has 0 unspecified atom stereocenters. The molecule has 1 N–H and O–H groups in total. The van der Waals surface area contributed by atoms with Crippen LogP contribution in [-0.4, -0.2) is 14.4 Å². The SMILES string of the molecule is CC(C)(C)C(=O)ONS(=O)(=O)c1cc2ccccc2o1. The minimum Gasteiger partial charge on any atom is -0.443 e. The van der Waals surface area contributed by atoms with E-state index < -0.39 is 21.4 Å². The summed E-state index contributed by atoms with van der Waals surface area (Å²) in [5.41, 5.74) is -0.369. The molecule has 1 heterocycles. The van der Waals surface area contributed by atoms with Crippen LogP contribution in [0.25, 0.3) is 11.0 Å². The summed E-state index contributed by atoms with van der Waals surface area (Å²) in [6.07, 6.45) is 0. The first-order valence-corrected chi connectivity index (χ1v) is 7.40. The Kier molecular flexibility index (Phi) is 3.58. The van der Waals surface area contributed by atoms with Crippen LogP contribution in [0.15, 0.2) is 39.8 Å². The lowest BCUT2D eigenvalue weighted by atomic mass is 9.98. The third kappa shape index (κ3) is 3.00. The molecule has 0 radical (unpaired) electrons. The number of benzene rings is 1. The van der Waals surface area contributed by atoms with Gasteiger partial charge in [0, 0.05) is 11.5 Å². The monoisotopic (exact) mass is 297 g/mol. The number of carbonyl (C=O) groups is 1. The normalized spacial score (nSPS) is 12.6. The number of carbonyl (C=O) groups excluding carboxylic acids is 1. The smallest absolute Gasteiger partial charge is 0.331 e. The van der Waals surface area contributed by atoms with Crippen LogP contribution in [-0.2, 0) is 19.7 Å². The van der Waals surface area contributed by atoms with Gasteiger partial charge in [-0.25, -0.2) is 13.2 Å². The standard InChI is InChI=1S/C13H15NO5S/c1-13(2,3)12(15)19-14-20(16,17)11-8-9-6-4-5-7-10(9)18-11/h4-8,14H,1-3H3. The van der Waals surface area contributed by atoms with Gasteiger partial charge >= 0.3 is 16.0 Å². The summed E-state index contributed by atoms with van der Waals surface area (Å²) < 4.78 is 29.1. The van der Waals surface area contributed by atoms with E-state index in [0.717, 1.165) is 0 Å². The second-order valence-corrected chi connectivity index (χ2v) is 6.91.